The predicted molar refractivity (Wildman–Crippen MR) is 80.8 cm³/mol. The molecule has 0 aromatic carbocycles. The summed E-state index contributed by atoms with van der Waals surface area (Å²) in [5.74, 6) is 1.62. The van der Waals surface area contributed by atoms with Crippen LogP contribution < -0.4 is 5.32 Å². The smallest absolute Gasteiger partial charge is 0.125 e. The van der Waals surface area contributed by atoms with Crippen molar-refractivity contribution in [1.29, 1.82) is 0 Å². The van der Waals surface area contributed by atoms with E-state index in [1.807, 2.05) is 17.9 Å². The van der Waals surface area contributed by atoms with Gasteiger partial charge in [-0.05, 0) is 44.9 Å². The second-order valence-electron chi connectivity index (χ2n) is 5.90. The molecule has 0 unspecified atom stereocenters. The molecule has 0 bridgehead atoms. The van der Waals surface area contributed by atoms with Gasteiger partial charge in [0, 0.05) is 17.8 Å². The van der Waals surface area contributed by atoms with E-state index in [4.69, 9.17) is 4.42 Å². The molecule has 0 atom stereocenters. The third-order valence-electron chi connectivity index (χ3n) is 3.64. The molecule has 0 aliphatic heterocycles. The van der Waals surface area contributed by atoms with Crippen molar-refractivity contribution < 1.29 is 4.42 Å². The molecular weight excluding hydrogens is 250 g/mol. The molecule has 0 saturated carbocycles. The molecule has 0 spiro atoms. The number of aryl methyl sites for hydroxylation is 1. The van der Waals surface area contributed by atoms with Crippen LogP contribution in [0.3, 0.4) is 0 Å². The first kappa shape index (κ1) is 14.9. The molecule has 4 heteroatoms. The third-order valence-corrected chi connectivity index (χ3v) is 3.64. The Labute approximate surface area is 121 Å². The SMILES string of the molecule is Cc1nn(Cc2cc(CNCC(C)C)co2)c(C)c1C. The largest absolute Gasteiger partial charge is 0.467 e. The minimum absolute atomic E-state index is 0.666. The summed E-state index contributed by atoms with van der Waals surface area (Å²) in [5.41, 5.74) is 4.75. The van der Waals surface area contributed by atoms with Gasteiger partial charge < -0.3 is 9.73 Å². The maximum absolute atomic E-state index is 5.63. The molecule has 2 aromatic rings. The normalized spacial score (nSPS) is 11.5. The summed E-state index contributed by atoms with van der Waals surface area (Å²) in [6, 6.07) is 2.11. The summed E-state index contributed by atoms with van der Waals surface area (Å²) in [6.45, 7) is 13.3. The molecule has 0 radical (unpaired) electrons. The van der Waals surface area contributed by atoms with Crippen LogP contribution >= 0.6 is 0 Å². The van der Waals surface area contributed by atoms with Gasteiger partial charge in [-0.3, -0.25) is 4.68 Å². The van der Waals surface area contributed by atoms with Crippen molar-refractivity contribution in [2.75, 3.05) is 6.54 Å². The number of furan rings is 1. The highest BCUT2D eigenvalue weighted by molar-refractivity contribution is 5.23. The highest BCUT2D eigenvalue weighted by atomic mass is 16.3. The van der Waals surface area contributed by atoms with Crippen LogP contribution in [0.1, 0.15) is 42.1 Å². The summed E-state index contributed by atoms with van der Waals surface area (Å²) < 4.78 is 7.64. The second kappa shape index (κ2) is 6.27. The topological polar surface area (TPSA) is 43.0 Å². The zero-order valence-corrected chi connectivity index (χ0v) is 13.2. The van der Waals surface area contributed by atoms with Crippen molar-refractivity contribution >= 4 is 0 Å². The Balaban J connectivity index is 1.97. The lowest BCUT2D eigenvalue weighted by Gasteiger charge is -2.04. The Bertz CT molecular complexity index is 566. The van der Waals surface area contributed by atoms with Gasteiger partial charge in [0.05, 0.1) is 18.5 Å². The fraction of sp³-hybridized carbons (Fsp3) is 0.562. The Kier molecular flexibility index (Phi) is 4.65. The molecular formula is C16H25N3O. The standard InChI is InChI=1S/C16H25N3O/c1-11(2)7-17-8-15-6-16(20-10-15)9-19-14(5)12(3)13(4)18-19/h6,10-11,17H,7-9H2,1-5H3. The van der Waals surface area contributed by atoms with Crippen molar-refractivity contribution in [2.24, 2.45) is 5.92 Å². The molecule has 1 N–H and O–H groups in total. The van der Waals surface area contributed by atoms with Gasteiger partial charge in [0.25, 0.3) is 0 Å². The van der Waals surface area contributed by atoms with Gasteiger partial charge in [-0.1, -0.05) is 13.8 Å². The quantitative estimate of drug-likeness (QED) is 0.880. The fourth-order valence-corrected chi connectivity index (χ4v) is 2.19. The highest BCUT2D eigenvalue weighted by Gasteiger charge is 2.09. The summed E-state index contributed by atoms with van der Waals surface area (Å²) in [6.07, 6.45) is 1.83. The summed E-state index contributed by atoms with van der Waals surface area (Å²) in [5, 5.41) is 7.96. The molecule has 2 heterocycles. The van der Waals surface area contributed by atoms with E-state index in [-0.39, 0.29) is 0 Å². The van der Waals surface area contributed by atoms with E-state index in [9.17, 15) is 0 Å². The first-order valence-corrected chi connectivity index (χ1v) is 7.25. The minimum Gasteiger partial charge on any atom is -0.467 e. The summed E-state index contributed by atoms with van der Waals surface area (Å²) in [7, 11) is 0. The van der Waals surface area contributed by atoms with E-state index < -0.39 is 0 Å². The van der Waals surface area contributed by atoms with Crippen LogP contribution in [0.2, 0.25) is 0 Å². The monoisotopic (exact) mass is 275 g/mol. The van der Waals surface area contributed by atoms with Crippen molar-refractivity contribution in [2.45, 2.75) is 47.7 Å². The predicted octanol–water partition coefficient (Wildman–Crippen LogP) is 3.20. The number of rotatable bonds is 6. The second-order valence-corrected chi connectivity index (χ2v) is 5.90. The number of nitrogens with zero attached hydrogens (tertiary/aromatic N) is 2. The van der Waals surface area contributed by atoms with Gasteiger partial charge in [-0.15, -0.1) is 0 Å². The van der Waals surface area contributed by atoms with Crippen LogP contribution in [0, 0.1) is 26.7 Å². The zero-order chi connectivity index (χ0) is 14.7. The van der Waals surface area contributed by atoms with Crippen molar-refractivity contribution in [1.82, 2.24) is 15.1 Å². The van der Waals surface area contributed by atoms with Gasteiger partial charge in [0.1, 0.15) is 5.76 Å². The number of nitrogens with one attached hydrogen (secondary N) is 1. The van der Waals surface area contributed by atoms with Gasteiger partial charge >= 0.3 is 0 Å². The van der Waals surface area contributed by atoms with E-state index in [1.165, 1.54) is 16.8 Å². The van der Waals surface area contributed by atoms with E-state index >= 15 is 0 Å². The van der Waals surface area contributed by atoms with Crippen LogP contribution in [0.25, 0.3) is 0 Å². The molecule has 4 nitrogen and oxygen atoms in total. The molecule has 20 heavy (non-hydrogen) atoms. The minimum atomic E-state index is 0.666. The van der Waals surface area contributed by atoms with Crippen LogP contribution in [-0.4, -0.2) is 16.3 Å². The Hall–Kier alpha value is -1.55. The molecule has 0 aliphatic rings. The van der Waals surface area contributed by atoms with Gasteiger partial charge in [-0.25, -0.2) is 0 Å². The fourth-order valence-electron chi connectivity index (χ4n) is 2.19. The van der Waals surface area contributed by atoms with Crippen molar-refractivity contribution in [3.63, 3.8) is 0 Å². The molecule has 0 aliphatic carbocycles. The first-order chi connectivity index (χ1) is 9.47. The lowest BCUT2D eigenvalue weighted by molar-refractivity contribution is 0.473. The summed E-state index contributed by atoms with van der Waals surface area (Å²) >= 11 is 0. The number of hydrogen-bond donors (Lipinski definition) is 1. The first-order valence-electron chi connectivity index (χ1n) is 7.25. The molecule has 0 saturated heterocycles. The molecule has 2 aromatic heterocycles. The zero-order valence-electron chi connectivity index (χ0n) is 13.2. The van der Waals surface area contributed by atoms with E-state index in [0.29, 0.717) is 12.5 Å². The van der Waals surface area contributed by atoms with Gasteiger partial charge in [0.2, 0.25) is 0 Å². The molecule has 2 rings (SSSR count). The maximum atomic E-state index is 5.63. The van der Waals surface area contributed by atoms with Crippen LogP contribution in [-0.2, 0) is 13.1 Å². The third kappa shape index (κ3) is 3.51. The number of aromatic nitrogens is 2. The van der Waals surface area contributed by atoms with Crippen LogP contribution in [0.5, 0.6) is 0 Å². The molecule has 0 fully saturated rings. The Morgan fingerprint density at radius 2 is 2.05 bits per heavy atom. The van der Waals surface area contributed by atoms with Crippen LogP contribution in [0.15, 0.2) is 16.7 Å². The van der Waals surface area contributed by atoms with E-state index in [1.54, 1.807) is 0 Å². The Morgan fingerprint density at radius 1 is 1.30 bits per heavy atom. The molecule has 0 amide bonds. The van der Waals surface area contributed by atoms with Gasteiger partial charge in [-0.2, -0.15) is 5.10 Å². The number of hydrogen-bond acceptors (Lipinski definition) is 3. The van der Waals surface area contributed by atoms with Gasteiger partial charge in [0.15, 0.2) is 0 Å². The maximum Gasteiger partial charge on any atom is 0.125 e. The average molecular weight is 275 g/mol. The molecule has 110 valence electrons. The lowest BCUT2D eigenvalue weighted by Crippen LogP contribution is -2.18. The summed E-state index contributed by atoms with van der Waals surface area (Å²) in [4.78, 5) is 0. The Morgan fingerprint density at radius 3 is 2.65 bits per heavy atom. The lowest BCUT2D eigenvalue weighted by atomic mass is 10.2. The van der Waals surface area contributed by atoms with Crippen LogP contribution in [0.4, 0.5) is 0 Å². The van der Waals surface area contributed by atoms with Crippen molar-refractivity contribution in [3.05, 3.63) is 40.6 Å². The average Bonchev–Trinajstić information content (AvgIpc) is 2.91. The van der Waals surface area contributed by atoms with E-state index in [2.05, 4.69) is 44.2 Å². The van der Waals surface area contributed by atoms with E-state index in [0.717, 1.165) is 24.5 Å². The highest BCUT2D eigenvalue weighted by Crippen LogP contribution is 2.15. The van der Waals surface area contributed by atoms with Crippen molar-refractivity contribution in [3.8, 4) is 0 Å².